The Bertz CT molecular complexity index is 1030. The molecule has 2 aromatic carbocycles. The number of hydrogen-bond acceptors (Lipinski definition) is 5. The Balaban J connectivity index is 1.38. The van der Waals surface area contributed by atoms with Crippen molar-refractivity contribution in [1.82, 2.24) is 20.1 Å². The van der Waals surface area contributed by atoms with Crippen molar-refractivity contribution >= 4 is 17.7 Å². The maximum absolute atomic E-state index is 12.7. The third-order valence-electron chi connectivity index (χ3n) is 6.01. The first-order chi connectivity index (χ1) is 15.1. The van der Waals surface area contributed by atoms with Crippen molar-refractivity contribution in [2.24, 2.45) is 7.05 Å². The fourth-order valence-electron chi connectivity index (χ4n) is 4.07. The molecule has 6 nitrogen and oxygen atoms in total. The lowest BCUT2D eigenvalue weighted by atomic mass is 9.74. The molecule has 0 unspecified atom stereocenters. The number of aryl methyl sites for hydroxylation is 1. The highest BCUT2D eigenvalue weighted by Crippen LogP contribution is 2.34. The molecule has 1 saturated heterocycles. The van der Waals surface area contributed by atoms with Crippen molar-refractivity contribution in [3.05, 3.63) is 65.7 Å². The third kappa shape index (κ3) is 4.83. The van der Waals surface area contributed by atoms with Crippen LogP contribution < -0.4 is 5.32 Å². The Kier molecular flexibility index (Phi) is 6.73. The molecule has 1 amide bonds. The van der Waals surface area contributed by atoms with E-state index in [1.54, 1.807) is 0 Å². The monoisotopic (exact) mass is 436 g/mol. The van der Waals surface area contributed by atoms with Gasteiger partial charge in [0.05, 0.1) is 5.75 Å². The maximum Gasteiger partial charge on any atom is 0.230 e. The van der Waals surface area contributed by atoms with Gasteiger partial charge in [0.15, 0.2) is 11.0 Å². The van der Waals surface area contributed by atoms with Gasteiger partial charge in [-0.25, -0.2) is 0 Å². The van der Waals surface area contributed by atoms with Crippen molar-refractivity contribution in [3.8, 4) is 11.4 Å². The van der Waals surface area contributed by atoms with Crippen LogP contribution in [0.15, 0.2) is 59.8 Å². The lowest BCUT2D eigenvalue weighted by Gasteiger charge is -2.38. The molecule has 4 rings (SSSR count). The molecule has 31 heavy (non-hydrogen) atoms. The van der Waals surface area contributed by atoms with E-state index in [0.29, 0.717) is 12.3 Å². The molecule has 0 saturated carbocycles. The van der Waals surface area contributed by atoms with Crippen molar-refractivity contribution < 1.29 is 9.53 Å². The fraction of sp³-hybridized carbons (Fsp3) is 0.375. The summed E-state index contributed by atoms with van der Waals surface area (Å²) in [5.74, 6) is 1.12. The van der Waals surface area contributed by atoms with Gasteiger partial charge in [-0.1, -0.05) is 66.4 Å². The van der Waals surface area contributed by atoms with Gasteiger partial charge in [-0.15, -0.1) is 10.2 Å². The Morgan fingerprint density at radius 3 is 2.55 bits per heavy atom. The summed E-state index contributed by atoms with van der Waals surface area (Å²) in [5.41, 5.74) is 3.40. The highest BCUT2D eigenvalue weighted by Gasteiger charge is 2.34. The molecule has 0 bridgehead atoms. The zero-order valence-electron chi connectivity index (χ0n) is 18.0. The van der Waals surface area contributed by atoms with Crippen LogP contribution in [0.4, 0.5) is 0 Å². The molecule has 7 heteroatoms. The van der Waals surface area contributed by atoms with Crippen LogP contribution in [0.1, 0.15) is 24.0 Å². The minimum atomic E-state index is -0.0668. The summed E-state index contributed by atoms with van der Waals surface area (Å²) in [6.07, 6.45) is 1.82. The molecule has 0 aliphatic carbocycles. The quantitative estimate of drug-likeness (QED) is 0.572. The second-order valence-electron chi connectivity index (χ2n) is 8.00. The van der Waals surface area contributed by atoms with E-state index in [2.05, 4.69) is 52.8 Å². The van der Waals surface area contributed by atoms with E-state index in [4.69, 9.17) is 4.74 Å². The minimum Gasteiger partial charge on any atom is -0.381 e. The zero-order valence-corrected chi connectivity index (χ0v) is 18.8. The van der Waals surface area contributed by atoms with E-state index in [0.717, 1.165) is 48.2 Å². The van der Waals surface area contributed by atoms with Crippen molar-refractivity contribution in [1.29, 1.82) is 0 Å². The molecular weight excluding hydrogens is 408 g/mol. The highest BCUT2D eigenvalue weighted by molar-refractivity contribution is 7.99. The molecule has 3 aromatic rings. The number of thioether (sulfide) groups is 1. The first-order valence-electron chi connectivity index (χ1n) is 10.6. The van der Waals surface area contributed by atoms with Crippen LogP contribution >= 0.6 is 11.8 Å². The average Bonchev–Trinajstić information content (AvgIpc) is 3.18. The van der Waals surface area contributed by atoms with Gasteiger partial charge in [0.25, 0.3) is 0 Å². The van der Waals surface area contributed by atoms with Gasteiger partial charge in [-0.2, -0.15) is 0 Å². The van der Waals surface area contributed by atoms with Gasteiger partial charge in [0.1, 0.15) is 0 Å². The number of carbonyl (C=O) groups excluding carboxylic acids is 1. The minimum absolute atomic E-state index is 0.00670. The molecule has 162 valence electrons. The number of benzene rings is 2. The number of carbonyl (C=O) groups is 1. The topological polar surface area (TPSA) is 69.0 Å². The summed E-state index contributed by atoms with van der Waals surface area (Å²) in [5, 5.41) is 12.5. The molecule has 1 aliphatic heterocycles. The molecule has 1 aromatic heterocycles. The lowest BCUT2D eigenvalue weighted by Crippen LogP contribution is -2.45. The normalized spacial score (nSPS) is 15.5. The summed E-state index contributed by atoms with van der Waals surface area (Å²) in [7, 11) is 1.94. The van der Waals surface area contributed by atoms with Crippen LogP contribution in [0.5, 0.6) is 0 Å². The molecule has 1 fully saturated rings. The summed E-state index contributed by atoms with van der Waals surface area (Å²) in [6, 6.07) is 18.6. The Labute approximate surface area is 187 Å². The largest absolute Gasteiger partial charge is 0.381 e. The standard InChI is InChI=1S/C24H28N4O2S/c1-18-8-6-7-11-20(18)22-26-27-23(28(22)2)31-16-21(29)25-17-24(12-14-30-15-13-24)19-9-4-3-5-10-19/h3-11H,12-17H2,1-2H3,(H,25,29). The van der Waals surface area contributed by atoms with Crippen LogP contribution in [0, 0.1) is 6.92 Å². The van der Waals surface area contributed by atoms with Crippen LogP contribution in [-0.4, -0.2) is 46.2 Å². The van der Waals surface area contributed by atoms with Crippen molar-refractivity contribution in [2.75, 3.05) is 25.5 Å². The number of nitrogens with one attached hydrogen (secondary N) is 1. The van der Waals surface area contributed by atoms with Gasteiger partial charge in [-0.05, 0) is 30.9 Å². The SMILES string of the molecule is Cc1ccccc1-c1nnc(SCC(=O)NCC2(c3ccccc3)CCOCC2)n1C. The first kappa shape index (κ1) is 21.6. The lowest BCUT2D eigenvalue weighted by molar-refractivity contribution is -0.119. The number of amides is 1. The smallest absolute Gasteiger partial charge is 0.230 e. The van der Waals surface area contributed by atoms with E-state index >= 15 is 0 Å². The number of nitrogens with zero attached hydrogens (tertiary/aromatic N) is 3. The van der Waals surface area contributed by atoms with E-state index in [-0.39, 0.29) is 11.3 Å². The number of ether oxygens (including phenoxy) is 1. The zero-order chi connectivity index (χ0) is 21.7. The van der Waals surface area contributed by atoms with Gasteiger partial charge < -0.3 is 14.6 Å². The predicted octanol–water partition coefficient (Wildman–Crippen LogP) is 3.75. The second kappa shape index (κ2) is 9.66. The van der Waals surface area contributed by atoms with E-state index in [1.165, 1.54) is 17.3 Å². The average molecular weight is 437 g/mol. The predicted molar refractivity (Wildman–Crippen MR) is 123 cm³/mol. The molecular formula is C24H28N4O2S. The summed E-state index contributed by atoms with van der Waals surface area (Å²) < 4.78 is 7.53. The number of hydrogen-bond donors (Lipinski definition) is 1. The fourth-order valence-corrected chi connectivity index (χ4v) is 4.81. The summed E-state index contributed by atoms with van der Waals surface area (Å²) in [6.45, 7) is 4.12. The summed E-state index contributed by atoms with van der Waals surface area (Å²) in [4.78, 5) is 12.7. The molecule has 0 spiro atoms. The first-order valence-corrected chi connectivity index (χ1v) is 11.6. The van der Waals surface area contributed by atoms with Gasteiger partial charge >= 0.3 is 0 Å². The molecule has 0 atom stereocenters. The molecule has 2 heterocycles. The third-order valence-corrected chi connectivity index (χ3v) is 7.03. The molecule has 0 radical (unpaired) electrons. The van der Waals surface area contributed by atoms with E-state index in [9.17, 15) is 4.79 Å². The Morgan fingerprint density at radius 1 is 1.10 bits per heavy atom. The van der Waals surface area contributed by atoms with Crippen LogP contribution in [-0.2, 0) is 22.0 Å². The Hall–Kier alpha value is -2.64. The Morgan fingerprint density at radius 2 is 1.81 bits per heavy atom. The number of rotatable bonds is 7. The van der Waals surface area contributed by atoms with E-state index < -0.39 is 0 Å². The van der Waals surface area contributed by atoms with Crippen LogP contribution in [0.3, 0.4) is 0 Å². The highest BCUT2D eigenvalue weighted by atomic mass is 32.2. The van der Waals surface area contributed by atoms with Gasteiger partial charge in [0.2, 0.25) is 5.91 Å². The second-order valence-corrected chi connectivity index (χ2v) is 8.95. The van der Waals surface area contributed by atoms with E-state index in [1.807, 2.05) is 35.9 Å². The van der Waals surface area contributed by atoms with Crippen molar-refractivity contribution in [2.45, 2.75) is 30.3 Å². The number of aromatic nitrogens is 3. The van der Waals surface area contributed by atoms with Crippen LogP contribution in [0.25, 0.3) is 11.4 Å². The molecule has 1 N–H and O–H groups in total. The van der Waals surface area contributed by atoms with Gasteiger partial charge in [0, 0.05) is 37.8 Å². The van der Waals surface area contributed by atoms with Crippen molar-refractivity contribution in [3.63, 3.8) is 0 Å². The van der Waals surface area contributed by atoms with Crippen LogP contribution in [0.2, 0.25) is 0 Å². The maximum atomic E-state index is 12.7. The van der Waals surface area contributed by atoms with Gasteiger partial charge in [-0.3, -0.25) is 4.79 Å². The molecule has 1 aliphatic rings. The summed E-state index contributed by atoms with van der Waals surface area (Å²) >= 11 is 1.41.